The van der Waals surface area contributed by atoms with Gasteiger partial charge in [0.25, 0.3) is 0 Å². The summed E-state index contributed by atoms with van der Waals surface area (Å²) in [7, 11) is 0. The van der Waals surface area contributed by atoms with Crippen LogP contribution in [0.2, 0.25) is 0 Å². The normalized spacial score (nSPS) is 14.0. The third-order valence-electron chi connectivity index (χ3n) is 3.58. The van der Waals surface area contributed by atoms with Crippen LogP contribution in [0, 0.1) is 0 Å². The maximum atomic E-state index is 5.76. The van der Waals surface area contributed by atoms with E-state index in [1.54, 1.807) is 0 Å². The largest absolute Gasteiger partial charge is 0.297 e. The summed E-state index contributed by atoms with van der Waals surface area (Å²) in [5.41, 5.74) is 4.18. The van der Waals surface area contributed by atoms with Gasteiger partial charge in [0.2, 0.25) is 0 Å². The van der Waals surface area contributed by atoms with E-state index >= 15 is 0 Å². The third-order valence-corrected chi connectivity index (χ3v) is 3.58. The zero-order chi connectivity index (χ0) is 12.9. The van der Waals surface area contributed by atoms with Crippen molar-refractivity contribution in [1.29, 1.82) is 0 Å². The number of likely N-dealkylation sites (N-methyl/N-ethyl adjacent to an activating group) is 1. The molecular formula is C14H25N3. The molecule has 3 nitrogen and oxygen atoms in total. The Morgan fingerprint density at radius 2 is 1.71 bits per heavy atom. The molecule has 1 rings (SSSR count). The lowest BCUT2D eigenvalue weighted by Gasteiger charge is -2.43. The molecule has 1 unspecified atom stereocenters. The fourth-order valence-corrected chi connectivity index (χ4v) is 2.57. The van der Waals surface area contributed by atoms with Crippen LogP contribution in [0.3, 0.4) is 0 Å². The molecule has 0 radical (unpaired) electrons. The van der Waals surface area contributed by atoms with Gasteiger partial charge in [-0.05, 0) is 32.5 Å². The minimum absolute atomic E-state index is 0.0143. The molecule has 0 amide bonds. The first-order valence-corrected chi connectivity index (χ1v) is 6.34. The summed E-state index contributed by atoms with van der Waals surface area (Å²) < 4.78 is 0. The number of nitrogens with zero attached hydrogens (tertiary/aromatic N) is 1. The Morgan fingerprint density at radius 3 is 2.12 bits per heavy atom. The average molecular weight is 235 g/mol. The monoisotopic (exact) mass is 235 g/mol. The predicted octanol–water partition coefficient (Wildman–Crippen LogP) is 2.31. The molecule has 1 aromatic rings. The molecule has 17 heavy (non-hydrogen) atoms. The highest BCUT2D eigenvalue weighted by Crippen LogP contribution is 2.30. The molecule has 0 spiro atoms. The highest BCUT2D eigenvalue weighted by molar-refractivity contribution is 5.22. The molecule has 0 bridgehead atoms. The summed E-state index contributed by atoms with van der Waals surface area (Å²) in [6.45, 7) is 10.9. The van der Waals surface area contributed by atoms with E-state index in [1.165, 1.54) is 5.56 Å². The highest BCUT2D eigenvalue weighted by atomic mass is 15.3. The van der Waals surface area contributed by atoms with E-state index in [2.05, 4.69) is 62.3 Å². The van der Waals surface area contributed by atoms with Crippen LogP contribution in [-0.2, 0) is 0 Å². The number of benzene rings is 1. The number of hydrogen-bond donors (Lipinski definition) is 2. The quantitative estimate of drug-likeness (QED) is 0.587. The topological polar surface area (TPSA) is 41.3 Å². The van der Waals surface area contributed by atoms with Crippen molar-refractivity contribution in [2.75, 3.05) is 13.1 Å². The SMILES string of the molecule is CCN(CC)C(C)(C)C(NN)c1ccccc1. The Hall–Kier alpha value is -0.900. The fraction of sp³-hybridized carbons (Fsp3) is 0.571. The standard InChI is InChI=1S/C14H25N3/c1-5-17(6-2)14(3,4)13(16-15)12-10-8-7-9-11-12/h7-11,13,16H,5-6,15H2,1-4H3. The smallest absolute Gasteiger partial charge is 0.0638 e. The molecule has 0 aromatic heterocycles. The molecule has 1 aromatic carbocycles. The average Bonchev–Trinajstić information content (AvgIpc) is 2.32. The lowest BCUT2D eigenvalue weighted by Crippen LogP contribution is -2.54. The Kier molecular flexibility index (Phi) is 5.12. The van der Waals surface area contributed by atoms with Crippen LogP contribution >= 0.6 is 0 Å². The van der Waals surface area contributed by atoms with E-state index in [9.17, 15) is 0 Å². The lowest BCUT2D eigenvalue weighted by molar-refractivity contribution is 0.0913. The molecule has 0 saturated heterocycles. The van der Waals surface area contributed by atoms with Crippen molar-refractivity contribution in [3.63, 3.8) is 0 Å². The lowest BCUT2D eigenvalue weighted by atomic mass is 9.87. The number of hydrazine groups is 1. The van der Waals surface area contributed by atoms with Gasteiger partial charge in [-0.1, -0.05) is 44.2 Å². The first-order valence-electron chi connectivity index (χ1n) is 6.34. The molecule has 0 fully saturated rings. The van der Waals surface area contributed by atoms with Gasteiger partial charge in [0.05, 0.1) is 6.04 Å². The second kappa shape index (κ2) is 6.15. The van der Waals surface area contributed by atoms with E-state index < -0.39 is 0 Å². The highest BCUT2D eigenvalue weighted by Gasteiger charge is 2.34. The Balaban J connectivity index is 3.01. The van der Waals surface area contributed by atoms with Crippen molar-refractivity contribution in [2.24, 2.45) is 5.84 Å². The van der Waals surface area contributed by atoms with E-state index in [-0.39, 0.29) is 11.6 Å². The zero-order valence-electron chi connectivity index (χ0n) is 11.4. The molecule has 0 heterocycles. The van der Waals surface area contributed by atoms with Gasteiger partial charge < -0.3 is 0 Å². The summed E-state index contributed by atoms with van der Waals surface area (Å²) in [5, 5.41) is 0. The van der Waals surface area contributed by atoms with Crippen molar-refractivity contribution in [1.82, 2.24) is 10.3 Å². The van der Waals surface area contributed by atoms with Gasteiger partial charge in [-0.15, -0.1) is 0 Å². The summed E-state index contributed by atoms with van der Waals surface area (Å²) >= 11 is 0. The number of nitrogens with one attached hydrogen (secondary N) is 1. The van der Waals surface area contributed by atoms with Gasteiger partial charge in [-0.3, -0.25) is 16.2 Å². The fourth-order valence-electron chi connectivity index (χ4n) is 2.57. The van der Waals surface area contributed by atoms with E-state index in [0.29, 0.717) is 0 Å². The van der Waals surface area contributed by atoms with Crippen LogP contribution in [0.5, 0.6) is 0 Å². The Morgan fingerprint density at radius 1 is 1.18 bits per heavy atom. The summed E-state index contributed by atoms with van der Waals surface area (Å²) in [4.78, 5) is 2.42. The first-order chi connectivity index (χ1) is 8.07. The molecule has 1 atom stereocenters. The maximum Gasteiger partial charge on any atom is 0.0638 e. The second-order valence-electron chi connectivity index (χ2n) is 4.84. The molecule has 3 heteroatoms. The van der Waals surface area contributed by atoms with Gasteiger partial charge in [0.1, 0.15) is 0 Å². The minimum atomic E-state index is -0.0143. The maximum absolute atomic E-state index is 5.76. The van der Waals surface area contributed by atoms with Crippen molar-refractivity contribution >= 4 is 0 Å². The summed E-state index contributed by atoms with van der Waals surface area (Å²) in [6.07, 6.45) is 0. The molecule has 0 saturated carbocycles. The molecule has 0 aliphatic rings. The first kappa shape index (κ1) is 14.2. The van der Waals surface area contributed by atoms with Crippen molar-refractivity contribution < 1.29 is 0 Å². The number of nitrogens with two attached hydrogens (primary N) is 1. The minimum Gasteiger partial charge on any atom is -0.297 e. The van der Waals surface area contributed by atoms with Crippen LogP contribution in [0.15, 0.2) is 30.3 Å². The molecule has 0 aliphatic heterocycles. The molecule has 3 N–H and O–H groups in total. The molecule has 96 valence electrons. The predicted molar refractivity (Wildman–Crippen MR) is 73.5 cm³/mol. The van der Waals surface area contributed by atoms with Crippen LogP contribution in [0.1, 0.15) is 39.3 Å². The van der Waals surface area contributed by atoms with Crippen molar-refractivity contribution in [3.8, 4) is 0 Å². The number of hydrogen-bond acceptors (Lipinski definition) is 3. The van der Waals surface area contributed by atoms with E-state index in [0.717, 1.165) is 13.1 Å². The van der Waals surface area contributed by atoms with Gasteiger partial charge in [-0.2, -0.15) is 0 Å². The van der Waals surface area contributed by atoms with E-state index in [1.807, 2.05) is 6.07 Å². The summed E-state index contributed by atoms with van der Waals surface area (Å²) in [6, 6.07) is 10.5. The Labute approximate surface area is 105 Å². The molecular weight excluding hydrogens is 210 g/mol. The van der Waals surface area contributed by atoms with Crippen LogP contribution in [0.25, 0.3) is 0 Å². The van der Waals surface area contributed by atoms with Gasteiger partial charge in [0.15, 0.2) is 0 Å². The van der Waals surface area contributed by atoms with Gasteiger partial charge >= 0.3 is 0 Å². The van der Waals surface area contributed by atoms with Gasteiger partial charge in [-0.25, -0.2) is 0 Å². The van der Waals surface area contributed by atoms with Crippen molar-refractivity contribution in [3.05, 3.63) is 35.9 Å². The van der Waals surface area contributed by atoms with Crippen LogP contribution < -0.4 is 11.3 Å². The molecule has 0 aliphatic carbocycles. The van der Waals surface area contributed by atoms with E-state index in [4.69, 9.17) is 5.84 Å². The summed E-state index contributed by atoms with van der Waals surface area (Å²) in [5.74, 6) is 5.76. The van der Waals surface area contributed by atoms with Crippen LogP contribution in [0.4, 0.5) is 0 Å². The van der Waals surface area contributed by atoms with Gasteiger partial charge in [0, 0.05) is 5.54 Å². The second-order valence-corrected chi connectivity index (χ2v) is 4.84. The zero-order valence-corrected chi connectivity index (χ0v) is 11.4. The van der Waals surface area contributed by atoms with Crippen molar-refractivity contribution in [2.45, 2.75) is 39.3 Å². The number of rotatable bonds is 6. The van der Waals surface area contributed by atoms with Crippen LogP contribution in [-0.4, -0.2) is 23.5 Å². The third kappa shape index (κ3) is 3.06. The Bertz CT molecular complexity index is 317.